The Hall–Kier alpha value is -2.24. The monoisotopic (exact) mass is 936 g/mol. The summed E-state index contributed by atoms with van der Waals surface area (Å²) in [7, 11) is 4.73. The number of methoxy groups -OCH3 is 3. The highest BCUT2D eigenvalue weighted by Crippen LogP contribution is 2.58. The van der Waals surface area contributed by atoms with Gasteiger partial charge < -0.3 is 76.9 Å². The highest BCUT2D eigenvalue weighted by Gasteiger charge is 2.58. The average molecular weight is 937 g/mol. The Kier molecular flexibility index (Phi) is 15.4. The minimum atomic E-state index is -1.59. The number of carbonyl (C=O) groups excluding carboxylic acids is 2. The summed E-state index contributed by atoms with van der Waals surface area (Å²) in [6, 6.07) is 1.93. The van der Waals surface area contributed by atoms with Gasteiger partial charge >= 0.3 is 0 Å². The van der Waals surface area contributed by atoms with E-state index in [1.165, 1.54) is 12.7 Å². The molecule has 3 aliphatic carbocycles. The molecule has 22 atom stereocenters. The van der Waals surface area contributed by atoms with Crippen LogP contribution in [0.5, 0.6) is 0 Å². The molecule has 0 spiro atoms. The number of aryl methyl sites for hydroxylation is 1. The minimum absolute atomic E-state index is 0.0180. The predicted molar refractivity (Wildman–Crippen MR) is 230 cm³/mol. The summed E-state index contributed by atoms with van der Waals surface area (Å²) in [6.45, 7) is 11.1. The van der Waals surface area contributed by atoms with Crippen LogP contribution in [0.4, 0.5) is 0 Å². The summed E-state index contributed by atoms with van der Waals surface area (Å²) in [5, 5.41) is 40.7. The first-order chi connectivity index (χ1) is 31.4. The van der Waals surface area contributed by atoms with Gasteiger partial charge in [-0.15, -0.1) is 0 Å². The highest BCUT2D eigenvalue weighted by molar-refractivity contribution is 5.94. The molecule has 0 aromatic carbocycles. The Morgan fingerprint density at radius 3 is 1.80 bits per heavy atom. The quantitative estimate of drug-likeness (QED) is 0.209. The molecule has 7 aliphatic rings. The zero-order chi connectivity index (χ0) is 47.4. The molecule has 22 unspecified atom stereocenters. The first-order valence-electron chi connectivity index (χ1n) is 23.7. The summed E-state index contributed by atoms with van der Waals surface area (Å²) in [5.74, 6) is 0.967. The topological polar surface area (TPSA) is 230 Å². The van der Waals surface area contributed by atoms with Crippen molar-refractivity contribution in [2.45, 2.75) is 209 Å². The fourth-order valence-electron chi connectivity index (χ4n) is 12.2. The van der Waals surface area contributed by atoms with Crippen LogP contribution in [-0.4, -0.2) is 171 Å². The van der Waals surface area contributed by atoms with E-state index in [-0.39, 0.29) is 29.8 Å². The van der Waals surface area contributed by atoms with Crippen molar-refractivity contribution in [3.63, 3.8) is 0 Å². The van der Waals surface area contributed by atoms with Crippen LogP contribution >= 0.6 is 0 Å². The fourth-order valence-corrected chi connectivity index (χ4v) is 12.2. The summed E-state index contributed by atoms with van der Waals surface area (Å²) >= 11 is 0. The van der Waals surface area contributed by atoms with E-state index in [2.05, 4.69) is 13.0 Å². The summed E-state index contributed by atoms with van der Waals surface area (Å²) < 4.78 is 73.6. The van der Waals surface area contributed by atoms with Gasteiger partial charge in [-0.3, -0.25) is 9.59 Å². The second kappa shape index (κ2) is 20.2. The Balaban J connectivity index is 0.841. The molecule has 6 fully saturated rings. The van der Waals surface area contributed by atoms with E-state index in [1.54, 1.807) is 27.4 Å². The maximum atomic E-state index is 14.2. The third kappa shape index (κ3) is 9.40. The lowest BCUT2D eigenvalue weighted by molar-refractivity contribution is -0.357. The van der Waals surface area contributed by atoms with Crippen molar-refractivity contribution in [1.29, 1.82) is 0 Å². The third-order valence-corrected chi connectivity index (χ3v) is 16.1. The molecule has 4 N–H and O–H groups in total. The van der Waals surface area contributed by atoms with Gasteiger partial charge in [0.2, 0.25) is 0 Å². The number of allylic oxidation sites excluding steroid dienone is 1. The van der Waals surface area contributed by atoms with Gasteiger partial charge in [-0.1, -0.05) is 18.6 Å². The Morgan fingerprint density at radius 2 is 1.29 bits per heavy atom. The van der Waals surface area contributed by atoms with E-state index in [1.807, 2.05) is 33.8 Å². The van der Waals surface area contributed by atoms with Crippen LogP contribution in [0.1, 0.15) is 97.3 Å². The van der Waals surface area contributed by atoms with Crippen LogP contribution in [0.2, 0.25) is 0 Å². The fraction of sp³-hybridized carbons (Fsp3) is 0.833. The van der Waals surface area contributed by atoms with Crippen molar-refractivity contribution in [2.75, 3.05) is 27.9 Å². The number of ether oxygens (including phenoxy) is 11. The normalized spacial score (nSPS) is 47.8. The Labute approximate surface area is 386 Å². The summed E-state index contributed by atoms with van der Waals surface area (Å²) in [6.07, 6.45) is -7.21. The van der Waals surface area contributed by atoms with Gasteiger partial charge in [-0.25, -0.2) is 0 Å². The van der Waals surface area contributed by atoms with E-state index in [9.17, 15) is 30.0 Å². The second-order valence-electron chi connectivity index (χ2n) is 20.0. The van der Waals surface area contributed by atoms with Gasteiger partial charge in [0.25, 0.3) is 0 Å². The van der Waals surface area contributed by atoms with E-state index in [4.69, 9.17) is 56.5 Å². The number of hydrogen-bond acceptors (Lipinski definition) is 18. The standard InChI is InChI=1S/C48H72O18/c1-22-28(13-15-58-22)47(5)14-12-29-27(45(47)54)11-10-26-16-31(30(50)20-48(26,29)6)62-36-17-32(55-7)42(23(2)59-36)64-37-18-33(56-8)43(24(3)60-37)65-38-19-34(57-9)44(25(4)61-38)66-46-41(53)40(52)39(51)35(21-49)63-46/h10,13,15,23-25,27,29,31-44,46,49,51-53H,11-12,14,16-21H2,1-9H3. The number of Topliss-reactive ketones (excluding diaryl/α,β-unsaturated/α-hetero) is 2. The number of aliphatic hydroxyl groups is 4. The van der Waals surface area contributed by atoms with Crippen molar-refractivity contribution < 1.29 is 86.5 Å². The molecule has 18 nitrogen and oxygen atoms in total. The van der Waals surface area contributed by atoms with E-state index < -0.39 is 128 Å². The van der Waals surface area contributed by atoms with E-state index in [0.717, 1.165) is 17.7 Å². The molecule has 0 bridgehead atoms. The molecule has 4 aliphatic heterocycles. The van der Waals surface area contributed by atoms with Gasteiger partial charge in [0.1, 0.15) is 60.4 Å². The first-order valence-corrected chi connectivity index (χ1v) is 23.7. The van der Waals surface area contributed by atoms with Gasteiger partial charge in [0.15, 0.2) is 30.9 Å². The molecule has 2 saturated carbocycles. The van der Waals surface area contributed by atoms with Gasteiger partial charge in [-0.05, 0) is 71.3 Å². The Morgan fingerprint density at radius 1 is 0.742 bits per heavy atom. The predicted octanol–water partition coefficient (Wildman–Crippen LogP) is 2.93. The number of furan rings is 1. The lowest BCUT2D eigenvalue weighted by Gasteiger charge is -2.54. The second-order valence-corrected chi connectivity index (χ2v) is 20.0. The van der Waals surface area contributed by atoms with Crippen LogP contribution in [0.25, 0.3) is 0 Å². The molecule has 18 heteroatoms. The number of aliphatic hydroxyl groups excluding tert-OH is 4. The first kappa shape index (κ1) is 50.2. The average Bonchev–Trinajstić information content (AvgIpc) is 3.73. The SMILES string of the molecule is COC1CC(OC2CC3=CCC4C(=O)C(C)(c5ccoc5C)CCC4C3(C)CC2=O)OC(C)C1OC1CC(OC)C(OC2CC(OC)C(OC3OC(CO)C(O)C(O)C3O)C(C)O2)C(C)O1. The zero-order valence-electron chi connectivity index (χ0n) is 39.6. The van der Waals surface area contributed by atoms with Gasteiger partial charge in [-0.2, -0.15) is 0 Å². The summed E-state index contributed by atoms with van der Waals surface area (Å²) in [4.78, 5) is 28.2. The zero-order valence-corrected chi connectivity index (χ0v) is 39.6. The van der Waals surface area contributed by atoms with Crippen molar-refractivity contribution in [2.24, 2.45) is 17.3 Å². The number of fused-ring (bicyclic) bond motifs is 3. The molecule has 372 valence electrons. The molecular weight excluding hydrogens is 865 g/mol. The van der Waals surface area contributed by atoms with Gasteiger partial charge in [0, 0.05) is 64.9 Å². The number of carbonyl (C=O) groups is 2. The van der Waals surface area contributed by atoms with Crippen LogP contribution in [-0.2, 0) is 67.1 Å². The molecule has 8 rings (SSSR count). The molecule has 5 heterocycles. The molecule has 66 heavy (non-hydrogen) atoms. The van der Waals surface area contributed by atoms with E-state index in [0.29, 0.717) is 38.5 Å². The Bertz CT molecular complexity index is 1870. The maximum absolute atomic E-state index is 14.2. The molecule has 4 saturated heterocycles. The molecule has 0 radical (unpaired) electrons. The van der Waals surface area contributed by atoms with Crippen LogP contribution in [0.3, 0.4) is 0 Å². The number of rotatable bonds is 13. The minimum Gasteiger partial charge on any atom is -0.469 e. The highest BCUT2D eigenvalue weighted by atomic mass is 16.8. The number of hydrogen-bond donors (Lipinski definition) is 4. The third-order valence-electron chi connectivity index (χ3n) is 16.1. The van der Waals surface area contributed by atoms with Crippen molar-refractivity contribution in [3.8, 4) is 0 Å². The van der Waals surface area contributed by atoms with Crippen LogP contribution in [0.15, 0.2) is 28.4 Å². The van der Waals surface area contributed by atoms with Crippen LogP contribution in [0, 0.1) is 24.2 Å². The largest absolute Gasteiger partial charge is 0.469 e. The smallest absolute Gasteiger partial charge is 0.187 e. The van der Waals surface area contributed by atoms with Crippen molar-refractivity contribution in [1.82, 2.24) is 0 Å². The van der Waals surface area contributed by atoms with Crippen molar-refractivity contribution in [3.05, 3.63) is 35.3 Å². The molecular formula is C48H72O18. The van der Waals surface area contributed by atoms with Gasteiger partial charge in [0.05, 0.1) is 54.9 Å². The molecule has 1 aromatic heterocycles. The molecule has 0 amide bonds. The maximum Gasteiger partial charge on any atom is 0.187 e. The van der Waals surface area contributed by atoms with Crippen molar-refractivity contribution >= 4 is 11.6 Å². The lowest BCUT2D eigenvalue weighted by atomic mass is 9.49. The van der Waals surface area contributed by atoms with Crippen LogP contribution < -0.4 is 0 Å². The number of ketones is 2. The lowest BCUT2D eigenvalue weighted by Crippen LogP contribution is -2.62. The summed E-state index contributed by atoms with van der Waals surface area (Å²) in [5.41, 5.74) is 1.14. The van der Waals surface area contributed by atoms with E-state index >= 15 is 0 Å². The molecule has 1 aromatic rings.